The summed E-state index contributed by atoms with van der Waals surface area (Å²) in [4.78, 5) is 60.8. The number of amides is 3. The molecule has 29 heavy (non-hydrogen) atoms. The lowest BCUT2D eigenvalue weighted by molar-refractivity contribution is -0.150. The van der Waals surface area contributed by atoms with E-state index >= 15 is 0 Å². The SMILES string of the molecule is CC(=O)c1cccc(NC(=O)COC(=O)CN2C(=O)Cc3ccccc3C2=O)c1. The van der Waals surface area contributed by atoms with Crippen LogP contribution in [0.4, 0.5) is 5.69 Å². The first kappa shape index (κ1) is 19.9. The molecule has 0 fully saturated rings. The van der Waals surface area contributed by atoms with E-state index in [1.54, 1.807) is 42.5 Å². The van der Waals surface area contributed by atoms with Crippen LogP contribution in [-0.2, 0) is 25.5 Å². The van der Waals surface area contributed by atoms with Crippen molar-refractivity contribution < 1.29 is 28.7 Å². The molecule has 2 aromatic rings. The molecule has 0 aromatic heterocycles. The van der Waals surface area contributed by atoms with Gasteiger partial charge in [-0.3, -0.25) is 28.9 Å². The molecule has 3 amide bonds. The van der Waals surface area contributed by atoms with Crippen molar-refractivity contribution in [2.75, 3.05) is 18.5 Å². The third-order valence-electron chi connectivity index (χ3n) is 4.34. The molecule has 0 spiro atoms. The molecule has 0 saturated carbocycles. The molecule has 0 radical (unpaired) electrons. The summed E-state index contributed by atoms with van der Waals surface area (Å²) in [6.45, 7) is 0.249. The first-order chi connectivity index (χ1) is 13.8. The molecule has 8 nitrogen and oxygen atoms in total. The van der Waals surface area contributed by atoms with Crippen molar-refractivity contribution in [1.29, 1.82) is 0 Å². The van der Waals surface area contributed by atoms with Crippen LogP contribution in [0.1, 0.15) is 33.2 Å². The van der Waals surface area contributed by atoms with Crippen molar-refractivity contribution in [3.05, 3.63) is 65.2 Å². The summed E-state index contributed by atoms with van der Waals surface area (Å²) in [6.07, 6.45) is 0.0160. The number of carbonyl (C=O) groups excluding carboxylic acids is 5. The summed E-state index contributed by atoms with van der Waals surface area (Å²) < 4.78 is 4.88. The van der Waals surface area contributed by atoms with Gasteiger partial charge in [0.2, 0.25) is 5.91 Å². The van der Waals surface area contributed by atoms with Crippen LogP contribution >= 0.6 is 0 Å². The second-order valence-corrected chi connectivity index (χ2v) is 6.46. The Kier molecular flexibility index (Phi) is 5.82. The summed E-state index contributed by atoms with van der Waals surface area (Å²) in [7, 11) is 0. The van der Waals surface area contributed by atoms with Crippen LogP contribution < -0.4 is 5.32 Å². The van der Waals surface area contributed by atoms with Crippen molar-refractivity contribution in [3.63, 3.8) is 0 Å². The maximum atomic E-state index is 12.4. The van der Waals surface area contributed by atoms with Crippen molar-refractivity contribution in [3.8, 4) is 0 Å². The van der Waals surface area contributed by atoms with E-state index in [9.17, 15) is 24.0 Å². The molecular weight excluding hydrogens is 376 g/mol. The molecule has 0 aliphatic carbocycles. The Morgan fingerprint density at radius 3 is 2.59 bits per heavy atom. The molecule has 1 aliphatic rings. The van der Waals surface area contributed by atoms with Crippen LogP contribution in [0.25, 0.3) is 0 Å². The zero-order valence-electron chi connectivity index (χ0n) is 15.6. The number of anilines is 1. The summed E-state index contributed by atoms with van der Waals surface area (Å²) in [5, 5.41) is 2.51. The highest BCUT2D eigenvalue weighted by molar-refractivity contribution is 6.11. The Balaban J connectivity index is 1.54. The molecular formula is C21H18N2O6. The van der Waals surface area contributed by atoms with E-state index in [1.165, 1.54) is 13.0 Å². The largest absolute Gasteiger partial charge is 0.454 e. The van der Waals surface area contributed by atoms with E-state index in [0.29, 0.717) is 22.4 Å². The number of ketones is 1. The minimum atomic E-state index is -0.876. The normalized spacial score (nSPS) is 12.9. The number of benzene rings is 2. The number of fused-ring (bicyclic) bond motifs is 1. The number of esters is 1. The average molecular weight is 394 g/mol. The first-order valence-electron chi connectivity index (χ1n) is 8.84. The molecule has 0 saturated heterocycles. The lowest BCUT2D eigenvalue weighted by Crippen LogP contribution is -2.45. The Bertz CT molecular complexity index is 1010. The van der Waals surface area contributed by atoms with Crippen LogP contribution in [0.2, 0.25) is 0 Å². The number of carbonyl (C=O) groups is 5. The molecule has 1 aliphatic heterocycles. The Morgan fingerprint density at radius 2 is 1.83 bits per heavy atom. The van der Waals surface area contributed by atoms with Gasteiger partial charge in [-0.1, -0.05) is 30.3 Å². The number of nitrogens with one attached hydrogen (secondary N) is 1. The van der Waals surface area contributed by atoms with Crippen LogP contribution in [0.5, 0.6) is 0 Å². The van der Waals surface area contributed by atoms with E-state index in [1.807, 2.05) is 0 Å². The summed E-state index contributed by atoms with van der Waals surface area (Å²) in [6, 6.07) is 13.0. The highest BCUT2D eigenvalue weighted by Crippen LogP contribution is 2.19. The predicted octanol–water partition coefficient (Wildman–Crippen LogP) is 1.60. The number of hydrogen-bond donors (Lipinski definition) is 1. The molecule has 0 atom stereocenters. The van der Waals surface area contributed by atoms with E-state index in [0.717, 1.165) is 4.90 Å². The summed E-state index contributed by atoms with van der Waals surface area (Å²) >= 11 is 0. The van der Waals surface area contributed by atoms with Gasteiger partial charge in [-0.05, 0) is 30.7 Å². The van der Waals surface area contributed by atoms with Gasteiger partial charge in [0, 0.05) is 16.8 Å². The van der Waals surface area contributed by atoms with Crippen molar-refractivity contribution >= 4 is 35.2 Å². The monoisotopic (exact) mass is 394 g/mol. The van der Waals surface area contributed by atoms with Crippen molar-refractivity contribution in [2.45, 2.75) is 13.3 Å². The van der Waals surface area contributed by atoms with Crippen molar-refractivity contribution in [2.24, 2.45) is 0 Å². The quantitative estimate of drug-likeness (QED) is 0.453. The molecule has 1 heterocycles. The molecule has 0 bridgehead atoms. The first-order valence-corrected chi connectivity index (χ1v) is 8.84. The van der Waals surface area contributed by atoms with E-state index in [4.69, 9.17) is 4.74 Å². The van der Waals surface area contributed by atoms with Gasteiger partial charge in [0.05, 0.1) is 6.42 Å². The second-order valence-electron chi connectivity index (χ2n) is 6.46. The smallest absolute Gasteiger partial charge is 0.326 e. The molecule has 0 unspecified atom stereocenters. The van der Waals surface area contributed by atoms with Gasteiger partial charge in [0.1, 0.15) is 6.54 Å². The fraction of sp³-hybridized carbons (Fsp3) is 0.190. The van der Waals surface area contributed by atoms with Crippen LogP contribution in [0.3, 0.4) is 0 Å². The zero-order chi connectivity index (χ0) is 21.0. The minimum absolute atomic E-state index is 0.0160. The third-order valence-corrected chi connectivity index (χ3v) is 4.34. The second kappa shape index (κ2) is 8.47. The maximum Gasteiger partial charge on any atom is 0.326 e. The van der Waals surface area contributed by atoms with Gasteiger partial charge in [0.15, 0.2) is 12.4 Å². The summed E-state index contributed by atoms with van der Waals surface area (Å²) in [5.41, 5.74) is 1.79. The van der Waals surface area contributed by atoms with Gasteiger partial charge >= 0.3 is 5.97 Å². The van der Waals surface area contributed by atoms with E-state index < -0.39 is 36.8 Å². The molecule has 3 rings (SSSR count). The third kappa shape index (κ3) is 4.73. The van der Waals surface area contributed by atoms with Crippen LogP contribution in [0, 0.1) is 0 Å². The van der Waals surface area contributed by atoms with Crippen LogP contribution in [0.15, 0.2) is 48.5 Å². The molecule has 2 aromatic carbocycles. The van der Waals surface area contributed by atoms with Gasteiger partial charge in [-0.25, -0.2) is 0 Å². The number of Topliss-reactive ketones (excluding diaryl/α,β-unsaturated/α-hetero) is 1. The van der Waals surface area contributed by atoms with Gasteiger partial charge in [0.25, 0.3) is 11.8 Å². The number of hydrogen-bond acceptors (Lipinski definition) is 6. The topological polar surface area (TPSA) is 110 Å². The van der Waals surface area contributed by atoms with Gasteiger partial charge < -0.3 is 10.1 Å². The standard InChI is InChI=1S/C21H18N2O6/c1-13(24)14-6-4-7-16(9-14)22-18(25)12-29-20(27)11-23-19(26)10-15-5-2-3-8-17(15)21(23)28/h2-9H,10-12H2,1H3,(H,22,25). The average Bonchev–Trinajstić information content (AvgIpc) is 2.70. The fourth-order valence-corrected chi connectivity index (χ4v) is 2.89. The highest BCUT2D eigenvalue weighted by Gasteiger charge is 2.32. The van der Waals surface area contributed by atoms with Crippen molar-refractivity contribution in [1.82, 2.24) is 4.90 Å². The molecule has 1 N–H and O–H groups in total. The Hall–Kier alpha value is -3.81. The molecule has 148 valence electrons. The number of rotatable bonds is 6. The lowest BCUT2D eigenvalue weighted by atomic mass is 9.98. The number of nitrogens with zero attached hydrogens (tertiary/aromatic N) is 1. The maximum absolute atomic E-state index is 12.4. The Labute approximate surface area is 166 Å². The van der Waals surface area contributed by atoms with E-state index in [2.05, 4.69) is 5.32 Å². The lowest BCUT2D eigenvalue weighted by Gasteiger charge is -2.25. The predicted molar refractivity (Wildman–Crippen MR) is 102 cm³/mol. The minimum Gasteiger partial charge on any atom is -0.454 e. The number of ether oxygens (including phenoxy) is 1. The molecule has 8 heteroatoms. The summed E-state index contributed by atoms with van der Waals surface area (Å²) in [5.74, 6) is -2.71. The van der Waals surface area contributed by atoms with Crippen LogP contribution in [-0.4, -0.2) is 47.5 Å². The van der Waals surface area contributed by atoms with E-state index in [-0.39, 0.29) is 12.2 Å². The van der Waals surface area contributed by atoms with Gasteiger partial charge in [-0.2, -0.15) is 0 Å². The zero-order valence-corrected chi connectivity index (χ0v) is 15.6. The number of imide groups is 1. The Morgan fingerprint density at radius 1 is 1.07 bits per heavy atom. The highest BCUT2D eigenvalue weighted by atomic mass is 16.5. The van der Waals surface area contributed by atoms with Gasteiger partial charge in [-0.15, -0.1) is 0 Å². The fourth-order valence-electron chi connectivity index (χ4n) is 2.89.